The van der Waals surface area contributed by atoms with E-state index >= 15 is 0 Å². The molecule has 0 aromatic rings. The first-order valence-corrected chi connectivity index (χ1v) is 2.42. The van der Waals surface area contributed by atoms with Gasteiger partial charge in [0, 0.05) is 0 Å². The zero-order chi connectivity index (χ0) is 7.65. The average Bonchev–Trinajstić information content (AvgIpc) is 1.65. The standard InChI is InChI=1S/C3Cl2F2O2/c4-1(8)3(6,7)2(5)9. The molecule has 0 saturated carbocycles. The summed E-state index contributed by atoms with van der Waals surface area (Å²) in [5.74, 6) is -4.25. The van der Waals surface area contributed by atoms with Crippen molar-refractivity contribution in [2.75, 3.05) is 0 Å². The molecule has 0 amide bonds. The van der Waals surface area contributed by atoms with Gasteiger partial charge in [0.05, 0.1) is 0 Å². The average molecular weight is 177 g/mol. The van der Waals surface area contributed by atoms with E-state index in [1.807, 2.05) is 0 Å². The van der Waals surface area contributed by atoms with Crippen molar-refractivity contribution in [3.8, 4) is 0 Å². The van der Waals surface area contributed by atoms with Crippen molar-refractivity contribution in [1.29, 1.82) is 0 Å². The van der Waals surface area contributed by atoms with E-state index < -0.39 is 16.4 Å². The van der Waals surface area contributed by atoms with Crippen LogP contribution in [-0.4, -0.2) is 16.4 Å². The molecule has 2 nitrogen and oxygen atoms in total. The van der Waals surface area contributed by atoms with Crippen LogP contribution >= 0.6 is 23.2 Å². The highest BCUT2D eigenvalue weighted by molar-refractivity contribution is 6.75. The maximum absolute atomic E-state index is 11.7. The van der Waals surface area contributed by atoms with E-state index in [0.717, 1.165) is 0 Å². The van der Waals surface area contributed by atoms with Crippen LogP contribution in [-0.2, 0) is 9.59 Å². The maximum Gasteiger partial charge on any atom is 0.391 e. The SMILES string of the molecule is O=C(Cl)C(F)(F)C(=O)Cl. The summed E-state index contributed by atoms with van der Waals surface area (Å²) in [6.45, 7) is 0. The van der Waals surface area contributed by atoms with Crippen LogP contribution in [0, 0.1) is 0 Å². The molecule has 0 rings (SSSR count). The molecular weight excluding hydrogens is 177 g/mol. The van der Waals surface area contributed by atoms with Crippen LogP contribution in [0.25, 0.3) is 0 Å². The van der Waals surface area contributed by atoms with E-state index in [2.05, 4.69) is 23.2 Å². The van der Waals surface area contributed by atoms with E-state index in [4.69, 9.17) is 0 Å². The van der Waals surface area contributed by atoms with E-state index in [9.17, 15) is 18.4 Å². The zero-order valence-electron chi connectivity index (χ0n) is 3.83. The van der Waals surface area contributed by atoms with Crippen LogP contribution in [0.4, 0.5) is 8.78 Å². The number of carbonyl (C=O) groups excluding carboxylic acids is 2. The lowest BCUT2D eigenvalue weighted by Gasteiger charge is -2.01. The topological polar surface area (TPSA) is 34.1 Å². The molecule has 0 heterocycles. The largest absolute Gasteiger partial charge is 0.391 e. The van der Waals surface area contributed by atoms with Gasteiger partial charge in [0.15, 0.2) is 0 Å². The lowest BCUT2D eigenvalue weighted by molar-refractivity contribution is -0.145. The van der Waals surface area contributed by atoms with Crippen molar-refractivity contribution >= 4 is 33.7 Å². The number of halogens is 4. The minimum Gasteiger partial charge on any atom is -0.274 e. The summed E-state index contributed by atoms with van der Waals surface area (Å²) in [6.07, 6.45) is 0. The Morgan fingerprint density at radius 3 is 1.33 bits per heavy atom. The van der Waals surface area contributed by atoms with Gasteiger partial charge in [0.2, 0.25) is 0 Å². The van der Waals surface area contributed by atoms with Gasteiger partial charge in [-0.05, 0) is 23.2 Å². The second-order valence-electron chi connectivity index (χ2n) is 1.12. The Hall–Kier alpha value is -0.220. The highest BCUT2D eigenvalue weighted by Crippen LogP contribution is 2.19. The summed E-state index contributed by atoms with van der Waals surface area (Å²) in [7, 11) is 0. The summed E-state index contributed by atoms with van der Waals surface area (Å²) < 4.78 is 23.4. The molecule has 9 heavy (non-hydrogen) atoms. The van der Waals surface area contributed by atoms with Crippen LogP contribution in [0.5, 0.6) is 0 Å². The molecule has 0 aliphatic rings. The van der Waals surface area contributed by atoms with E-state index in [-0.39, 0.29) is 0 Å². The van der Waals surface area contributed by atoms with E-state index in [1.54, 1.807) is 0 Å². The van der Waals surface area contributed by atoms with Gasteiger partial charge in [-0.25, -0.2) is 0 Å². The maximum atomic E-state index is 11.7. The molecule has 0 saturated heterocycles. The number of rotatable bonds is 2. The van der Waals surface area contributed by atoms with Gasteiger partial charge in [-0.3, -0.25) is 9.59 Å². The first-order chi connectivity index (χ1) is 3.89. The minimum absolute atomic E-state index is 2.07. The molecule has 0 spiro atoms. The highest BCUT2D eigenvalue weighted by Gasteiger charge is 2.44. The fourth-order valence-corrected chi connectivity index (χ4v) is 0.297. The molecule has 52 valence electrons. The quantitative estimate of drug-likeness (QED) is 0.468. The molecule has 0 radical (unpaired) electrons. The first-order valence-electron chi connectivity index (χ1n) is 1.66. The highest BCUT2D eigenvalue weighted by atomic mass is 35.5. The van der Waals surface area contributed by atoms with Gasteiger partial charge in [-0.2, -0.15) is 8.78 Å². The van der Waals surface area contributed by atoms with E-state index in [0.29, 0.717) is 0 Å². The number of hydrogen-bond acceptors (Lipinski definition) is 2. The minimum atomic E-state index is -4.25. The van der Waals surface area contributed by atoms with Crippen molar-refractivity contribution in [3.63, 3.8) is 0 Å². The summed E-state index contributed by atoms with van der Waals surface area (Å²) >= 11 is 8.54. The molecule has 0 aromatic heterocycles. The van der Waals surface area contributed by atoms with Crippen molar-refractivity contribution in [3.05, 3.63) is 0 Å². The van der Waals surface area contributed by atoms with Crippen LogP contribution in [0.1, 0.15) is 0 Å². The molecule has 0 bridgehead atoms. The summed E-state index contributed by atoms with van der Waals surface area (Å²) in [4.78, 5) is 19.2. The lowest BCUT2D eigenvalue weighted by atomic mass is 10.4. The van der Waals surface area contributed by atoms with Gasteiger partial charge >= 0.3 is 16.4 Å². The van der Waals surface area contributed by atoms with Gasteiger partial charge in [0.1, 0.15) is 0 Å². The molecule has 0 unspecified atom stereocenters. The molecule has 0 atom stereocenters. The number of hydrogen-bond donors (Lipinski definition) is 0. The van der Waals surface area contributed by atoms with Crippen LogP contribution < -0.4 is 0 Å². The van der Waals surface area contributed by atoms with Crippen molar-refractivity contribution in [2.45, 2.75) is 5.92 Å². The van der Waals surface area contributed by atoms with Gasteiger partial charge < -0.3 is 0 Å². The van der Waals surface area contributed by atoms with Crippen LogP contribution in [0.3, 0.4) is 0 Å². The monoisotopic (exact) mass is 176 g/mol. The normalized spacial score (nSPS) is 11.1. The van der Waals surface area contributed by atoms with Crippen LogP contribution in [0.15, 0.2) is 0 Å². The third-order valence-electron chi connectivity index (χ3n) is 0.494. The lowest BCUT2D eigenvalue weighted by Crippen LogP contribution is -2.31. The molecule has 0 fully saturated rings. The second kappa shape index (κ2) is 2.58. The first kappa shape index (κ1) is 8.78. The number of alkyl halides is 2. The molecular formula is C3Cl2F2O2. The summed E-state index contributed by atoms with van der Waals surface area (Å²) in [5.41, 5.74) is 0. The Labute approximate surface area is 58.7 Å². The van der Waals surface area contributed by atoms with Gasteiger partial charge in [0.25, 0.3) is 0 Å². The second-order valence-corrected chi connectivity index (χ2v) is 1.81. The predicted octanol–water partition coefficient (Wildman–Crippen LogP) is 1.15. The van der Waals surface area contributed by atoms with E-state index in [1.165, 1.54) is 0 Å². The van der Waals surface area contributed by atoms with Crippen molar-refractivity contribution in [1.82, 2.24) is 0 Å². The Balaban J connectivity index is 4.38. The number of carbonyl (C=O) groups is 2. The summed E-state index contributed by atoms with van der Waals surface area (Å²) in [6, 6.07) is 0. The Morgan fingerprint density at radius 1 is 1.11 bits per heavy atom. The van der Waals surface area contributed by atoms with Crippen molar-refractivity contribution < 1.29 is 18.4 Å². The molecule has 6 heteroatoms. The Bertz CT molecular complexity index is 140. The third-order valence-corrected chi connectivity index (χ3v) is 0.968. The van der Waals surface area contributed by atoms with Crippen LogP contribution in [0.2, 0.25) is 0 Å². The van der Waals surface area contributed by atoms with Crippen molar-refractivity contribution in [2.24, 2.45) is 0 Å². The molecule has 0 N–H and O–H groups in total. The fraction of sp³-hybridized carbons (Fsp3) is 0.333. The Morgan fingerprint density at radius 2 is 1.33 bits per heavy atom. The fourth-order valence-electron chi connectivity index (χ4n) is 0.0773. The Kier molecular flexibility index (Phi) is 2.51. The molecule has 0 aromatic carbocycles. The smallest absolute Gasteiger partial charge is 0.274 e. The van der Waals surface area contributed by atoms with Gasteiger partial charge in [-0.1, -0.05) is 0 Å². The zero-order valence-corrected chi connectivity index (χ0v) is 5.34. The van der Waals surface area contributed by atoms with Gasteiger partial charge in [-0.15, -0.1) is 0 Å². The third kappa shape index (κ3) is 1.87. The molecule has 0 aliphatic heterocycles. The predicted molar refractivity (Wildman–Crippen MR) is 26.7 cm³/mol. The molecule has 0 aliphatic carbocycles. The summed E-state index contributed by atoms with van der Waals surface area (Å²) in [5, 5.41) is -4.13.